The number of hydrogen-bond acceptors (Lipinski definition) is 2. The quantitative estimate of drug-likeness (QED) is 0.682. The van der Waals surface area contributed by atoms with Crippen LogP contribution < -0.4 is 4.74 Å². The molecule has 2 rings (SSSR count). The van der Waals surface area contributed by atoms with Gasteiger partial charge >= 0.3 is 0 Å². The van der Waals surface area contributed by atoms with E-state index < -0.39 is 0 Å². The molecule has 0 aliphatic carbocycles. The molecule has 0 aromatic heterocycles. The Labute approximate surface area is 135 Å². The number of benzene rings is 2. The average molecular weight is 398 g/mol. The maximum atomic E-state index is 12.5. The van der Waals surface area contributed by atoms with Gasteiger partial charge in [-0.1, -0.05) is 43.5 Å². The molecule has 0 aliphatic heterocycles. The number of ether oxygens (including phenoxy) is 1. The highest BCUT2D eigenvalue weighted by molar-refractivity contribution is 9.10. The summed E-state index contributed by atoms with van der Waals surface area (Å²) in [5.41, 5.74) is 2.64. The lowest BCUT2D eigenvalue weighted by atomic mass is 10.0. The number of carbonyl (C=O) groups is 1. The number of hydrogen-bond donors (Lipinski definition) is 0. The van der Waals surface area contributed by atoms with Crippen LogP contribution in [0.25, 0.3) is 0 Å². The molecular weight excluding hydrogens is 384 g/mol. The molecule has 0 radical (unpaired) electrons. The number of aryl methyl sites for hydroxylation is 1. The largest absolute Gasteiger partial charge is 0.496 e. The van der Waals surface area contributed by atoms with Crippen molar-refractivity contribution in [2.24, 2.45) is 0 Å². The smallest absolute Gasteiger partial charge is 0.168 e. The molecule has 0 amide bonds. The van der Waals surface area contributed by atoms with Crippen molar-refractivity contribution in [3.63, 3.8) is 0 Å². The fourth-order valence-corrected chi connectivity index (χ4v) is 2.88. The van der Waals surface area contributed by atoms with Crippen molar-refractivity contribution in [2.45, 2.75) is 13.3 Å². The highest BCUT2D eigenvalue weighted by Gasteiger charge is 2.14. The molecule has 0 unspecified atom stereocenters. The second kappa shape index (κ2) is 6.55. The Hall–Kier alpha value is -1.13. The maximum absolute atomic E-state index is 12.5. The Kier molecular flexibility index (Phi) is 5.00. The normalized spacial score (nSPS) is 10.4. The van der Waals surface area contributed by atoms with Gasteiger partial charge in [0.1, 0.15) is 5.75 Å². The van der Waals surface area contributed by atoms with Gasteiger partial charge in [-0.2, -0.15) is 0 Å². The Morgan fingerprint density at radius 3 is 2.60 bits per heavy atom. The van der Waals surface area contributed by atoms with Gasteiger partial charge < -0.3 is 4.74 Å². The maximum Gasteiger partial charge on any atom is 0.168 e. The van der Waals surface area contributed by atoms with Crippen molar-refractivity contribution in [1.29, 1.82) is 0 Å². The lowest BCUT2D eigenvalue weighted by Gasteiger charge is -2.10. The van der Waals surface area contributed by atoms with Crippen molar-refractivity contribution in [1.82, 2.24) is 0 Å². The second-order valence-corrected chi connectivity index (χ2v) is 6.31. The molecule has 2 aromatic carbocycles. The van der Waals surface area contributed by atoms with E-state index in [0.717, 1.165) is 25.8 Å². The van der Waals surface area contributed by atoms with Crippen LogP contribution in [0.2, 0.25) is 0 Å². The third-order valence-corrected chi connectivity index (χ3v) is 4.20. The van der Waals surface area contributed by atoms with E-state index in [4.69, 9.17) is 4.74 Å². The summed E-state index contributed by atoms with van der Waals surface area (Å²) in [6.07, 6.45) is 0.310. The molecule has 0 aliphatic rings. The van der Waals surface area contributed by atoms with Gasteiger partial charge in [0, 0.05) is 26.5 Å². The Bertz CT molecular complexity index is 651. The highest BCUT2D eigenvalue weighted by atomic mass is 79.9. The first kappa shape index (κ1) is 15.3. The lowest BCUT2D eigenvalue weighted by molar-refractivity contribution is 0.0991. The molecule has 2 aromatic rings. The van der Waals surface area contributed by atoms with E-state index in [9.17, 15) is 4.79 Å². The molecule has 0 saturated heterocycles. The van der Waals surface area contributed by atoms with Gasteiger partial charge in [0.25, 0.3) is 0 Å². The molecule has 2 nitrogen and oxygen atoms in total. The molecule has 20 heavy (non-hydrogen) atoms. The standard InChI is InChI=1S/C16H14Br2O2/c1-10-3-5-14(18)13(7-10)15(19)9-11-8-12(17)4-6-16(11)20-2/h3-8H,9H2,1-2H3. The average Bonchev–Trinajstić information content (AvgIpc) is 2.41. The third kappa shape index (κ3) is 3.49. The number of methoxy groups -OCH3 is 1. The van der Waals surface area contributed by atoms with Crippen LogP contribution in [0.3, 0.4) is 0 Å². The number of carbonyl (C=O) groups excluding carboxylic acids is 1. The summed E-state index contributed by atoms with van der Waals surface area (Å²) in [4.78, 5) is 12.5. The van der Waals surface area contributed by atoms with Crippen molar-refractivity contribution in [3.8, 4) is 5.75 Å². The summed E-state index contributed by atoms with van der Waals surface area (Å²) >= 11 is 6.85. The molecule has 104 valence electrons. The Morgan fingerprint density at radius 2 is 1.90 bits per heavy atom. The predicted molar refractivity (Wildman–Crippen MR) is 87.6 cm³/mol. The van der Waals surface area contributed by atoms with Crippen LogP contribution in [0.5, 0.6) is 5.75 Å². The predicted octanol–water partition coefficient (Wildman–Crippen LogP) is 4.95. The van der Waals surface area contributed by atoms with Crippen molar-refractivity contribution in [2.75, 3.05) is 7.11 Å². The van der Waals surface area contributed by atoms with Crippen LogP contribution in [0.4, 0.5) is 0 Å². The van der Waals surface area contributed by atoms with Gasteiger partial charge in [-0.3, -0.25) is 4.79 Å². The summed E-state index contributed by atoms with van der Waals surface area (Å²) in [7, 11) is 1.61. The SMILES string of the molecule is COc1ccc(Br)cc1CC(=O)c1cc(C)ccc1Br. The molecule has 0 bridgehead atoms. The first-order valence-electron chi connectivity index (χ1n) is 6.13. The topological polar surface area (TPSA) is 26.3 Å². The molecule has 0 atom stereocenters. The monoisotopic (exact) mass is 396 g/mol. The van der Waals surface area contributed by atoms with Gasteiger partial charge in [-0.25, -0.2) is 0 Å². The van der Waals surface area contributed by atoms with E-state index in [1.165, 1.54) is 0 Å². The van der Waals surface area contributed by atoms with Gasteiger partial charge in [0.15, 0.2) is 5.78 Å². The van der Waals surface area contributed by atoms with Crippen LogP contribution in [0.1, 0.15) is 21.5 Å². The van der Waals surface area contributed by atoms with E-state index in [-0.39, 0.29) is 5.78 Å². The number of Topliss-reactive ketones (excluding diaryl/α,β-unsaturated/α-hetero) is 1. The summed E-state index contributed by atoms with van der Waals surface area (Å²) in [5.74, 6) is 0.794. The van der Waals surface area contributed by atoms with Crippen LogP contribution >= 0.6 is 31.9 Å². The first-order chi connectivity index (χ1) is 9.51. The number of rotatable bonds is 4. The molecular formula is C16H14Br2O2. The van der Waals surface area contributed by atoms with Crippen LogP contribution in [0.15, 0.2) is 45.3 Å². The molecule has 0 saturated carbocycles. The zero-order chi connectivity index (χ0) is 14.7. The minimum absolute atomic E-state index is 0.0666. The van der Waals surface area contributed by atoms with E-state index in [0.29, 0.717) is 12.0 Å². The highest BCUT2D eigenvalue weighted by Crippen LogP contribution is 2.26. The summed E-state index contributed by atoms with van der Waals surface area (Å²) in [5, 5.41) is 0. The van der Waals surface area contributed by atoms with E-state index in [1.807, 2.05) is 43.3 Å². The fourth-order valence-electron chi connectivity index (χ4n) is 2.01. The zero-order valence-corrected chi connectivity index (χ0v) is 14.4. The minimum Gasteiger partial charge on any atom is -0.496 e. The van der Waals surface area contributed by atoms with Gasteiger partial charge in [-0.05, 0) is 37.3 Å². The molecule has 0 heterocycles. The summed E-state index contributed by atoms with van der Waals surface area (Å²) < 4.78 is 7.06. The van der Waals surface area contributed by atoms with E-state index in [2.05, 4.69) is 31.9 Å². The fraction of sp³-hybridized carbons (Fsp3) is 0.188. The second-order valence-electron chi connectivity index (χ2n) is 4.54. The van der Waals surface area contributed by atoms with Crippen molar-refractivity contribution < 1.29 is 9.53 Å². The Balaban J connectivity index is 2.32. The van der Waals surface area contributed by atoms with E-state index >= 15 is 0 Å². The van der Waals surface area contributed by atoms with E-state index in [1.54, 1.807) is 7.11 Å². The van der Waals surface area contributed by atoms with Gasteiger partial charge in [0.2, 0.25) is 0 Å². The number of ketones is 1. The third-order valence-electron chi connectivity index (χ3n) is 3.02. The zero-order valence-electron chi connectivity index (χ0n) is 11.2. The molecule has 4 heteroatoms. The minimum atomic E-state index is 0.0666. The number of halogens is 2. The van der Waals surface area contributed by atoms with Gasteiger partial charge in [-0.15, -0.1) is 0 Å². The summed E-state index contributed by atoms with van der Waals surface area (Å²) in [6.45, 7) is 1.98. The van der Waals surface area contributed by atoms with Crippen LogP contribution in [-0.2, 0) is 6.42 Å². The molecule has 0 N–H and O–H groups in total. The Morgan fingerprint density at radius 1 is 1.15 bits per heavy atom. The van der Waals surface area contributed by atoms with Crippen LogP contribution in [-0.4, -0.2) is 12.9 Å². The molecule has 0 spiro atoms. The van der Waals surface area contributed by atoms with Gasteiger partial charge in [0.05, 0.1) is 7.11 Å². The molecule has 0 fully saturated rings. The first-order valence-corrected chi connectivity index (χ1v) is 7.71. The summed E-state index contributed by atoms with van der Waals surface area (Å²) in [6, 6.07) is 11.5. The van der Waals surface area contributed by atoms with Crippen molar-refractivity contribution in [3.05, 3.63) is 62.0 Å². The van der Waals surface area contributed by atoms with Crippen molar-refractivity contribution >= 4 is 37.6 Å². The lowest BCUT2D eigenvalue weighted by Crippen LogP contribution is -2.06. The van der Waals surface area contributed by atoms with Crippen LogP contribution in [0, 0.1) is 6.92 Å².